The maximum atomic E-state index is 13.7. The maximum absolute atomic E-state index is 13.7. The number of ether oxygens (including phenoxy) is 1. The fourth-order valence-electron chi connectivity index (χ4n) is 2.81. The minimum absolute atomic E-state index is 0.0133. The van der Waals surface area contributed by atoms with E-state index in [0.717, 1.165) is 0 Å². The van der Waals surface area contributed by atoms with Crippen LogP contribution in [0.1, 0.15) is 6.42 Å². The number of hydrogen-bond donors (Lipinski definition) is 1. The lowest BCUT2D eigenvalue weighted by Crippen LogP contribution is -2.45. The maximum Gasteiger partial charge on any atom is 0.243 e. The van der Waals surface area contributed by atoms with Crippen LogP contribution in [0.25, 0.3) is 0 Å². The Hall–Kier alpha value is -1.83. The minimum Gasteiger partial charge on any atom is -0.494 e. The van der Waals surface area contributed by atoms with Gasteiger partial charge in [0, 0.05) is 18.2 Å². The predicted molar refractivity (Wildman–Crippen MR) is 76.0 cm³/mol. The van der Waals surface area contributed by atoms with Gasteiger partial charge in [-0.3, -0.25) is 4.79 Å². The molecule has 3 rings (SSSR count). The van der Waals surface area contributed by atoms with Crippen LogP contribution in [0.2, 0.25) is 0 Å². The second-order valence-corrected chi connectivity index (χ2v) is 7.47. The molecule has 1 N–H and O–H groups in total. The molecule has 2 aliphatic heterocycles. The Kier molecular flexibility index (Phi) is 3.27. The SMILES string of the molecule is COc1cc2c(cc1F)NC(=O)CN2C1CCS(=O)(=O)C1. The number of sulfone groups is 1. The summed E-state index contributed by atoms with van der Waals surface area (Å²) in [5, 5.41) is 2.60. The number of rotatable bonds is 2. The molecule has 1 unspecified atom stereocenters. The van der Waals surface area contributed by atoms with E-state index in [2.05, 4.69) is 5.32 Å². The van der Waals surface area contributed by atoms with E-state index in [1.165, 1.54) is 19.2 Å². The van der Waals surface area contributed by atoms with Crippen molar-refractivity contribution >= 4 is 27.1 Å². The number of nitrogens with zero attached hydrogens (tertiary/aromatic N) is 1. The van der Waals surface area contributed by atoms with Crippen LogP contribution in [0.5, 0.6) is 5.75 Å². The van der Waals surface area contributed by atoms with Crippen molar-refractivity contribution in [1.29, 1.82) is 0 Å². The van der Waals surface area contributed by atoms with Gasteiger partial charge in [-0.1, -0.05) is 0 Å². The number of nitrogens with one attached hydrogen (secondary N) is 1. The highest BCUT2D eigenvalue weighted by molar-refractivity contribution is 7.91. The van der Waals surface area contributed by atoms with Crippen LogP contribution < -0.4 is 15.0 Å². The van der Waals surface area contributed by atoms with Crippen LogP contribution >= 0.6 is 0 Å². The number of amides is 1. The van der Waals surface area contributed by atoms with Gasteiger partial charge in [0.1, 0.15) is 0 Å². The van der Waals surface area contributed by atoms with Gasteiger partial charge < -0.3 is 15.0 Å². The summed E-state index contributed by atoms with van der Waals surface area (Å²) < 4.78 is 42.0. The lowest BCUT2D eigenvalue weighted by molar-refractivity contribution is -0.115. The van der Waals surface area contributed by atoms with E-state index in [-0.39, 0.29) is 35.7 Å². The molecule has 1 atom stereocenters. The van der Waals surface area contributed by atoms with Crippen molar-refractivity contribution in [3.63, 3.8) is 0 Å². The largest absolute Gasteiger partial charge is 0.494 e. The molecule has 6 nitrogen and oxygen atoms in total. The van der Waals surface area contributed by atoms with Gasteiger partial charge in [-0.05, 0) is 6.42 Å². The lowest BCUT2D eigenvalue weighted by atomic mass is 10.1. The molecule has 21 heavy (non-hydrogen) atoms. The normalized spacial score (nSPS) is 23.6. The third kappa shape index (κ3) is 2.55. The minimum atomic E-state index is -3.07. The van der Waals surface area contributed by atoms with Crippen molar-refractivity contribution in [1.82, 2.24) is 0 Å². The monoisotopic (exact) mass is 314 g/mol. The Morgan fingerprint density at radius 1 is 1.43 bits per heavy atom. The summed E-state index contributed by atoms with van der Waals surface area (Å²) in [7, 11) is -1.71. The van der Waals surface area contributed by atoms with Crippen LogP contribution in [-0.4, -0.2) is 45.5 Å². The number of methoxy groups -OCH3 is 1. The van der Waals surface area contributed by atoms with Crippen LogP contribution in [0.15, 0.2) is 12.1 Å². The summed E-state index contributed by atoms with van der Waals surface area (Å²) in [6.45, 7) is 0.0575. The van der Waals surface area contributed by atoms with Gasteiger partial charge >= 0.3 is 0 Å². The third-order valence-electron chi connectivity index (χ3n) is 3.82. The summed E-state index contributed by atoms with van der Waals surface area (Å²) in [6.07, 6.45) is 0.467. The molecule has 114 valence electrons. The van der Waals surface area contributed by atoms with E-state index < -0.39 is 15.7 Å². The first-order chi connectivity index (χ1) is 9.89. The zero-order valence-corrected chi connectivity index (χ0v) is 12.2. The molecule has 2 heterocycles. The van der Waals surface area contributed by atoms with Crippen molar-refractivity contribution in [2.45, 2.75) is 12.5 Å². The molecular weight excluding hydrogens is 299 g/mol. The van der Waals surface area contributed by atoms with Crippen molar-refractivity contribution in [2.75, 3.05) is 35.4 Å². The van der Waals surface area contributed by atoms with E-state index in [9.17, 15) is 17.6 Å². The standard InChI is InChI=1S/C13H15FN2O4S/c1-20-12-5-11-10(4-9(12)14)15-13(17)6-16(11)8-2-3-21(18,19)7-8/h4-5,8H,2-3,6-7H2,1H3,(H,15,17). The molecule has 1 amide bonds. The van der Waals surface area contributed by atoms with E-state index >= 15 is 0 Å². The number of fused-ring (bicyclic) bond motifs is 1. The van der Waals surface area contributed by atoms with Crippen LogP contribution in [0, 0.1) is 5.82 Å². The highest BCUT2D eigenvalue weighted by atomic mass is 32.2. The topological polar surface area (TPSA) is 75.7 Å². The van der Waals surface area contributed by atoms with Gasteiger partial charge in [0.05, 0.1) is 36.5 Å². The first-order valence-electron chi connectivity index (χ1n) is 6.54. The van der Waals surface area contributed by atoms with Gasteiger partial charge in [0.25, 0.3) is 0 Å². The van der Waals surface area contributed by atoms with Gasteiger partial charge in [-0.15, -0.1) is 0 Å². The van der Waals surface area contributed by atoms with Crippen molar-refractivity contribution in [3.8, 4) is 5.75 Å². The predicted octanol–water partition coefficient (Wildman–Crippen LogP) is 0.780. The van der Waals surface area contributed by atoms with E-state index in [1.807, 2.05) is 0 Å². The molecule has 0 radical (unpaired) electrons. The molecule has 0 spiro atoms. The van der Waals surface area contributed by atoms with E-state index in [0.29, 0.717) is 17.8 Å². The molecule has 0 aromatic heterocycles. The number of hydrogen-bond acceptors (Lipinski definition) is 5. The molecule has 0 saturated carbocycles. The number of benzene rings is 1. The summed E-state index contributed by atoms with van der Waals surface area (Å²) >= 11 is 0. The Morgan fingerprint density at radius 3 is 2.81 bits per heavy atom. The number of halogens is 1. The molecule has 1 fully saturated rings. The Balaban J connectivity index is 2.02. The highest BCUT2D eigenvalue weighted by Crippen LogP contribution is 2.37. The van der Waals surface area contributed by atoms with Crippen LogP contribution in [0.3, 0.4) is 0 Å². The zero-order chi connectivity index (χ0) is 15.2. The fraction of sp³-hybridized carbons (Fsp3) is 0.462. The molecule has 1 saturated heterocycles. The van der Waals surface area contributed by atoms with Crippen molar-refractivity contribution < 1.29 is 22.3 Å². The first-order valence-corrected chi connectivity index (χ1v) is 8.36. The smallest absolute Gasteiger partial charge is 0.243 e. The molecule has 0 bridgehead atoms. The first kappa shape index (κ1) is 14.1. The number of anilines is 2. The Morgan fingerprint density at radius 2 is 2.19 bits per heavy atom. The van der Waals surface area contributed by atoms with Gasteiger partial charge in [0.2, 0.25) is 5.91 Å². The number of carbonyl (C=O) groups excluding carboxylic acids is 1. The summed E-state index contributed by atoms with van der Waals surface area (Å²) in [5.74, 6) is -0.660. The Labute approximate surface area is 121 Å². The average molecular weight is 314 g/mol. The molecule has 8 heteroatoms. The summed E-state index contributed by atoms with van der Waals surface area (Å²) in [4.78, 5) is 13.5. The second kappa shape index (κ2) is 4.87. The van der Waals surface area contributed by atoms with Crippen molar-refractivity contribution in [2.24, 2.45) is 0 Å². The van der Waals surface area contributed by atoms with Gasteiger partial charge in [0.15, 0.2) is 21.4 Å². The third-order valence-corrected chi connectivity index (χ3v) is 5.57. The van der Waals surface area contributed by atoms with Gasteiger partial charge in [-0.25, -0.2) is 12.8 Å². The molecular formula is C13H15FN2O4S. The Bertz CT molecular complexity index is 704. The van der Waals surface area contributed by atoms with Crippen molar-refractivity contribution in [3.05, 3.63) is 17.9 Å². The van der Waals surface area contributed by atoms with Crippen LogP contribution in [-0.2, 0) is 14.6 Å². The average Bonchev–Trinajstić information content (AvgIpc) is 2.77. The second-order valence-electron chi connectivity index (χ2n) is 5.24. The number of carbonyl (C=O) groups is 1. The fourth-order valence-corrected chi connectivity index (χ4v) is 4.54. The highest BCUT2D eigenvalue weighted by Gasteiger charge is 2.36. The van der Waals surface area contributed by atoms with Gasteiger partial charge in [-0.2, -0.15) is 0 Å². The van der Waals surface area contributed by atoms with E-state index in [1.54, 1.807) is 4.90 Å². The van der Waals surface area contributed by atoms with Crippen LogP contribution in [0.4, 0.5) is 15.8 Å². The molecule has 1 aromatic carbocycles. The molecule has 0 aliphatic carbocycles. The zero-order valence-electron chi connectivity index (χ0n) is 11.4. The molecule has 2 aliphatic rings. The van der Waals surface area contributed by atoms with E-state index in [4.69, 9.17) is 4.74 Å². The summed E-state index contributed by atoms with van der Waals surface area (Å²) in [5.41, 5.74) is 0.934. The quantitative estimate of drug-likeness (QED) is 0.873. The lowest BCUT2D eigenvalue weighted by Gasteiger charge is -2.35. The molecule has 1 aromatic rings. The summed E-state index contributed by atoms with van der Waals surface area (Å²) in [6, 6.07) is 2.42.